The molecule has 0 saturated heterocycles. The zero-order valence-electron chi connectivity index (χ0n) is 14.1. The number of aliphatic hydroxyl groups excluding tert-OH is 1. The van der Waals surface area contributed by atoms with E-state index >= 15 is 0 Å². The normalized spacial score (nSPS) is 12.5. The van der Waals surface area contributed by atoms with Crippen molar-refractivity contribution in [2.45, 2.75) is 26.9 Å². The molecule has 1 aromatic rings. The van der Waals surface area contributed by atoms with Gasteiger partial charge >= 0.3 is 0 Å². The number of allylic oxidation sites excluding steroid dienone is 1. The average molecular weight is 297 g/mol. The molecule has 0 saturated carbocycles. The molecule has 0 radical (unpaired) electrons. The highest BCUT2D eigenvalue weighted by Gasteiger charge is 2.09. The standard InChI is InChI=1S/C20H27NO/c1-7-19-10-8-9-11-20(19)17(5)21(6)14-18(12-15(2)3)13-16(4)22/h7-13,16,22H,1,5,14H2,2-4,6H3/b18-13+. The molecule has 0 spiro atoms. The van der Waals surface area contributed by atoms with Crippen LogP contribution in [0.5, 0.6) is 0 Å². The van der Waals surface area contributed by atoms with E-state index in [1.807, 2.05) is 37.4 Å². The summed E-state index contributed by atoms with van der Waals surface area (Å²) in [6, 6.07) is 8.08. The number of hydrogen-bond acceptors (Lipinski definition) is 2. The first-order valence-corrected chi connectivity index (χ1v) is 7.50. The minimum absolute atomic E-state index is 0.465. The first kappa shape index (κ1) is 18.0. The average Bonchev–Trinajstić information content (AvgIpc) is 2.44. The molecule has 0 bridgehead atoms. The topological polar surface area (TPSA) is 23.5 Å². The Kier molecular flexibility index (Phi) is 6.87. The summed E-state index contributed by atoms with van der Waals surface area (Å²) in [5.41, 5.74) is 5.37. The van der Waals surface area contributed by atoms with Crippen LogP contribution in [-0.4, -0.2) is 29.7 Å². The highest BCUT2D eigenvalue weighted by Crippen LogP contribution is 2.22. The van der Waals surface area contributed by atoms with Crippen LogP contribution < -0.4 is 0 Å². The number of likely N-dealkylation sites (N-methyl/N-ethyl adjacent to an activating group) is 1. The molecule has 0 aromatic heterocycles. The lowest BCUT2D eigenvalue weighted by Crippen LogP contribution is -2.20. The van der Waals surface area contributed by atoms with Crippen LogP contribution in [0.3, 0.4) is 0 Å². The Morgan fingerprint density at radius 2 is 1.95 bits per heavy atom. The molecule has 1 unspecified atom stereocenters. The smallest absolute Gasteiger partial charge is 0.0699 e. The molecule has 1 N–H and O–H groups in total. The van der Waals surface area contributed by atoms with E-state index in [1.54, 1.807) is 6.92 Å². The van der Waals surface area contributed by atoms with Crippen molar-refractivity contribution in [3.63, 3.8) is 0 Å². The van der Waals surface area contributed by atoms with Gasteiger partial charge in [-0.15, -0.1) is 0 Å². The van der Waals surface area contributed by atoms with Gasteiger partial charge in [0, 0.05) is 24.9 Å². The van der Waals surface area contributed by atoms with Crippen molar-refractivity contribution in [1.82, 2.24) is 4.90 Å². The second-order valence-corrected chi connectivity index (χ2v) is 5.80. The fourth-order valence-electron chi connectivity index (χ4n) is 2.34. The predicted octanol–water partition coefficient (Wildman–Crippen LogP) is 4.51. The zero-order valence-corrected chi connectivity index (χ0v) is 14.1. The summed E-state index contributed by atoms with van der Waals surface area (Å²) in [5, 5.41) is 9.63. The Morgan fingerprint density at radius 1 is 1.32 bits per heavy atom. The van der Waals surface area contributed by atoms with E-state index in [1.165, 1.54) is 5.57 Å². The van der Waals surface area contributed by atoms with Gasteiger partial charge in [-0.3, -0.25) is 0 Å². The molecule has 2 heteroatoms. The Bertz CT molecular complexity index is 589. The number of benzene rings is 1. The molecule has 1 atom stereocenters. The summed E-state index contributed by atoms with van der Waals surface area (Å²) < 4.78 is 0. The van der Waals surface area contributed by atoms with Gasteiger partial charge in [0.15, 0.2) is 0 Å². The number of aliphatic hydroxyl groups is 1. The molecule has 0 aliphatic carbocycles. The molecule has 0 fully saturated rings. The fourth-order valence-corrected chi connectivity index (χ4v) is 2.34. The number of nitrogens with zero attached hydrogens (tertiary/aromatic N) is 1. The predicted molar refractivity (Wildman–Crippen MR) is 97.4 cm³/mol. The summed E-state index contributed by atoms with van der Waals surface area (Å²) in [6.07, 6.45) is 5.34. The van der Waals surface area contributed by atoms with Crippen LogP contribution in [0, 0.1) is 0 Å². The Balaban J connectivity index is 2.99. The molecule has 0 aliphatic rings. The van der Waals surface area contributed by atoms with Gasteiger partial charge in [0.2, 0.25) is 0 Å². The van der Waals surface area contributed by atoms with Gasteiger partial charge in [-0.05, 0) is 31.9 Å². The van der Waals surface area contributed by atoms with Crippen molar-refractivity contribution in [2.75, 3.05) is 13.6 Å². The molecule has 0 heterocycles. The van der Waals surface area contributed by atoms with E-state index < -0.39 is 6.10 Å². The van der Waals surface area contributed by atoms with Crippen molar-refractivity contribution in [1.29, 1.82) is 0 Å². The van der Waals surface area contributed by atoms with Crippen molar-refractivity contribution < 1.29 is 5.11 Å². The molecule has 0 aliphatic heterocycles. The first-order chi connectivity index (χ1) is 10.3. The van der Waals surface area contributed by atoms with Gasteiger partial charge in [0.05, 0.1) is 6.10 Å². The molecule has 2 nitrogen and oxygen atoms in total. The van der Waals surface area contributed by atoms with E-state index in [2.05, 4.69) is 44.0 Å². The van der Waals surface area contributed by atoms with Crippen molar-refractivity contribution in [3.8, 4) is 0 Å². The lowest BCUT2D eigenvalue weighted by atomic mass is 10.0. The summed E-state index contributed by atoms with van der Waals surface area (Å²) in [5.74, 6) is 0. The highest BCUT2D eigenvalue weighted by molar-refractivity contribution is 5.71. The SMILES string of the molecule is C=Cc1ccccc1C(=C)N(C)C/C(C=C(C)C)=C/C(C)O. The van der Waals surface area contributed by atoms with Crippen LogP contribution >= 0.6 is 0 Å². The maximum Gasteiger partial charge on any atom is 0.0699 e. The van der Waals surface area contributed by atoms with Crippen molar-refractivity contribution >= 4 is 11.8 Å². The first-order valence-electron chi connectivity index (χ1n) is 7.50. The van der Waals surface area contributed by atoms with E-state index in [0.29, 0.717) is 6.54 Å². The van der Waals surface area contributed by atoms with Crippen molar-refractivity contribution in [3.05, 3.63) is 71.8 Å². The third-order valence-corrected chi connectivity index (χ3v) is 3.30. The van der Waals surface area contributed by atoms with Crippen LogP contribution in [0.2, 0.25) is 0 Å². The van der Waals surface area contributed by atoms with Crippen LogP contribution in [-0.2, 0) is 0 Å². The van der Waals surface area contributed by atoms with Gasteiger partial charge in [-0.1, -0.05) is 61.2 Å². The molecule has 118 valence electrons. The number of rotatable bonds is 7. The summed E-state index contributed by atoms with van der Waals surface area (Å²) >= 11 is 0. The molecular formula is C20H27NO. The Labute approximate surface area is 134 Å². The highest BCUT2D eigenvalue weighted by atomic mass is 16.3. The van der Waals surface area contributed by atoms with Crippen LogP contribution in [0.1, 0.15) is 31.9 Å². The van der Waals surface area contributed by atoms with E-state index in [9.17, 15) is 5.11 Å². The van der Waals surface area contributed by atoms with Crippen LogP contribution in [0.4, 0.5) is 0 Å². The number of hydrogen-bond donors (Lipinski definition) is 1. The Hall–Kier alpha value is -2.06. The van der Waals surface area contributed by atoms with Crippen LogP contribution in [0.15, 0.2) is 60.7 Å². The van der Waals surface area contributed by atoms with Gasteiger partial charge in [0.1, 0.15) is 0 Å². The maximum atomic E-state index is 9.63. The van der Waals surface area contributed by atoms with E-state index in [-0.39, 0.29) is 0 Å². The van der Waals surface area contributed by atoms with Gasteiger partial charge in [-0.25, -0.2) is 0 Å². The molecule has 0 amide bonds. The quantitative estimate of drug-likeness (QED) is 0.749. The summed E-state index contributed by atoms with van der Waals surface area (Å²) in [7, 11) is 2.01. The lowest BCUT2D eigenvalue weighted by molar-refractivity contribution is 0.243. The lowest BCUT2D eigenvalue weighted by Gasteiger charge is -2.24. The largest absolute Gasteiger partial charge is 0.389 e. The summed E-state index contributed by atoms with van der Waals surface area (Å²) in [4.78, 5) is 2.09. The molecule has 1 aromatic carbocycles. The van der Waals surface area contributed by atoms with Gasteiger partial charge in [-0.2, -0.15) is 0 Å². The van der Waals surface area contributed by atoms with Crippen molar-refractivity contribution in [2.24, 2.45) is 0 Å². The van der Waals surface area contributed by atoms with Gasteiger partial charge < -0.3 is 10.0 Å². The third kappa shape index (κ3) is 5.38. The van der Waals surface area contributed by atoms with Crippen LogP contribution in [0.25, 0.3) is 11.8 Å². The zero-order chi connectivity index (χ0) is 16.7. The van der Waals surface area contributed by atoms with E-state index in [4.69, 9.17) is 0 Å². The minimum Gasteiger partial charge on any atom is -0.389 e. The fraction of sp³-hybridized carbons (Fsp3) is 0.300. The second kappa shape index (κ2) is 8.40. The second-order valence-electron chi connectivity index (χ2n) is 5.80. The van der Waals surface area contributed by atoms with E-state index in [0.717, 1.165) is 22.4 Å². The van der Waals surface area contributed by atoms with Gasteiger partial charge in [0.25, 0.3) is 0 Å². The monoisotopic (exact) mass is 297 g/mol. The maximum absolute atomic E-state index is 9.63. The Morgan fingerprint density at radius 3 is 2.50 bits per heavy atom. The molecule has 1 rings (SSSR count). The summed E-state index contributed by atoms with van der Waals surface area (Å²) in [6.45, 7) is 14.6. The molecule has 22 heavy (non-hydrogen) atoms. The third-order valence-electron chi connectivity index (χ3n) is 3.30. The molecular weight excluding hydrogens is 270 g/mol. The minimum atomic E-state index is -0.465.